The lowest BCUT2D eigenvalue weighted by Crippen LogP contribution is -2.32. The molecular formula is C23H25N3O3. The number of imidazole rings is 1. The summed E-state index contributed by atoms with van der Waals surface area (Å²) in [5.74, 6) is 1.60. The molecule has 2 aliphatic rings. The molecule has 1 amide bonds. The monoisotopic (exact) mass is 391 g/mol. The largest absolute Gasteiger partial charge is 0.490 e. The summed E-state index contributed by atoms with van der Waals surface area (Å²) < 4.78 is 13.5. The van der Waals surface area contributed by atoms with Crippen molar-refractivity contribution in [3.63, 3.8) is 0 Å². The van der Waals surface area contributed by atoms with Gasteiger partial charge < -0.3 is 14.4 Å². The summed E-state index contributed by atoms with van der Waals surface area (Å²) in [6.45, 7) is 6.01. The van der Waals surface area contributed by atoms with Crippen LogP contribution in [0.5, 0.6) is 11.5 Å². The number of hydrogen-bond donors (Lipinski definition) is 0. The number of carbonyl (C=O) groups is 1. The Morgan fingerprint density at radius 1 is 1.10 bits per heavy atom. The summed E-state index contributed by atoms with van der Waals surface area (Å²) in [6, 6.07) is 10.1. The average Bonchev–Trinajstić information content (AvgIpc) is 3.26. The van der Waals surface area contributed by atoms with Crippen molar-refractivity contribution in [1.29, 1.82) is 0 Å². The van der Waals surface area contributed by atoms with Gasteiger partial charge in [-0.05, 0) is 56.0 Å². The van der Waals surface area contributed by atoms with Crippen LogP contribution >= 0.6 is 0 Å². The van der Waals surface area contributed by atoms with E-state index in [1.807, 2.05) is 53.6 Å². The maximum Gasteiger partial charge on any atom is 0.273 e. The highest BCUT2D eigenvalue weighted by Crippen LogP contribution is 2.38. The molecule has 29 heavy (non-hydrogen) atoms. The Balaban J connectivity index is 1.50. The summed E-state index contributed by atoms with van der Waals surface area (Å²) in [5, 5.41) is 0. The second-order valence-electron chi connectivity index (χ2n) is 7.84. The van der Waals surface area contributed by atoms with Gasteiger partial charge in [-0.3, -0.25) is 9.20 Å². The van der Waals surface area contributed by atoms with Crippen LogP contribution in [0.2, 0.25) is 0 Å². The number of amides is 1. The molecule has 1 atom stereocenters. The van der Waals surface area contributed by atoms with Crippen molar-refractivity contribution >= 4 is 11.6 Å². The first kappa shape index (κ1) is 18.0. The minimum absolute atomic E-state index is 0.0365. The molecule has 0 bridgehead atoms. The molecule has 2 aliphatic heterocycles. The molecule has 1 fully saturated rings. The minimum atomic E-state index is 0.0365. The zero-order chi connectivity index (χ0) is 20.0. The van der Waals surface area contributed by atoms with Crippen LogP contribution in [0.15, 0.2) is 36.5 Å². The molecule has 0 N–H and O–H groups in total. The van der Waals surface area contributed by atoms with E-state index in [0.717, 1.165) is 59.8 Å². The van der Waals surface area contributed by atoms with Gasteiger partial charge in [-0.2, -0.15) is 0 Å². The maximum atomic E-state index is 13.6. The Bertz CT molecular complexity index is 1090. The first-order valence-electron chi connectivity index (χ1n) is 10.3. The number of fused-ring (bicyclic) bond motifs is 2. The number of pyridine rings is 1. The molecule has 6 heteroatoms. The Kier molecular flexibility index (Phi) is 4.42. The molecule has 5 rings (SSSR count). The third-order valence-corrected chi connectivity index (χ3v) is 5.89. The quantitative estimate of drug-likeness (QED) is 0.660. The van der Waals surface area contributed by atoms with E-state index in [9.17, 15) is 4.79 Å². The SMILES string of the molecule is Cc1nc2c(C)cccn2c1C(=O)N1CCCC1c1ccc2c(c1)OCCCO2. The van der Waals surface area contributed by atoms with Gasteiger partial charge in [0.15, 0.2) is 11.5 Å². The maximum absolute atomic E-state index is 13.6. The van der Waals surface area contributed by atoms with Crippen molar-refractivity contribution in [2.75, 3.05) is 19.8 Å². The fourth-order valence-corrected chi connectivity index (χ4v) is 4.45. The van der Waals surface area contributed by atoms with Gasteiger partial charge in [-0.1, -0.05) is 12.1 Å². The van der Waals surface area contributed by atoms with Crippen molar-refractivity contribution in [2.24, 2.45) is 0 Å². The molecule has 2 aromatic heterocycles. The van der Waals surface area contributed by atoms with Crippen LogP contribution < -0.4 is 9.47 Å². The number of hydrogen-bond acceptors (Lipinski definition) is 4. The molecule has 1 aromatic carbocycles. The van der Waals surface area contributed by atoms with Gasteiger partial charge in [-0.25, -0.2) is 4.98 Å². The van der Waals surface area contributed by atoms with Crippen LogP contribution in [0.4, 0.5) is 0 Å². The third kappa shape index (κ3) is 3.03. The highest BCUT2D eigenvalue weighted by molar-refractivity contribution is 5.95. The van der Waals surface area contributed by atoms with E-state index < -0.39 is 0 Å². The Morgan fingerprint density at radius 3 is 2.79 bits per heavy atom. The summed E-state index contributed by atoms with van der Waals surface area (Å²) in [5.41, 5.74) is 4.44. The zero-order valence-electron chi connectivity index (χ0n) is 16.9. The summed E-state index contributed by atoms with van der Waals surface area (Å²) in [6.07, 6.45) is 4.74. The van der Waals surface area contributed by atoms with Crippen LogP contribution in [0.1, 0.15) is 52.6 Å². The molecule has 0 radical (unpaired) electrons. The third-order valence-electron chi connectivity index (χ3n) is 5.89. The van der Waals surface area contributed by atoms with Crippen molar-refractivity contribution in [3.05, 3.63) is 59.0 Å². The lowest BCUT2D eigenvalue weighted by atomic mass is 10.0. The van der Waals surface area contributed by atoms with E-state index in [4.69, 9.17) is 9.47 Å². The Morgan fingerprint density at radius 2 is 1.93 bits per heavy atom. The van der Waals surface area contributed by atoms with E-state index in [2.05, 4.69) is 11.1 Å². The predicted molar refractivity (Wildman–Crippen MR) is 110 cm³/mol. The number of nitrogens with zero attached hydrogens (tertiary/aromatic N) is 3. The average molecular weight is 391 g/mol. The van der Waals surface area contributed by atoms with Crippen LogP contribution in [0, 0.1) is 13.8 Å². The molecule has 0 aliphatic carbocycles. The molecule has 1 saturated heterocycles. The van der Waals surface area contributed by atoms with Gasteiger partial charge in [0.1, 0.15) is 11.3 Å². The van der Waals surface area contributed by atoms with Crippen LogP contribution in [-0.4, -0.2) is 40.0 Å². The molecule has 1 unspecified atom stereocenters. The number of ether oxygens (including phenoxy) is 2. The van der Waals surface area contributed by atoms with Crippen LogP contribution in [0.25, 0.3) is 5.65 Å². The smallest absolute Gasteiger partial charge is 0.273 e. The van der Waals surface area contributed by atoms with Crippen LogP contribution in [-0.2, 0) is 0 Å². The molecule has 0 spiro atoms. The van der Waals surface area contributed by atoms with E-state index in [1.165, 1.54) is 0 Å². The highest BCUT2D eigenvalue weighted by Gasteiger charge is 2.33. The number of rotatable bonds is 2. The molecular weight excluding hydrogens is 366 g/mol. The normalized spacial score (nSPS) is 18.8. The fraction of sp³-hybridized carbons (Fsp3) is 0.391. The highest BCUT2D eigenvalue weighted by atomic mass is 16.5. The molecule has 6 nitrogen and oxygen atoms in total. The zero-order valence-corrected chi connectivity index (χ0v) is 16.9. The first-order valence-corrected chi connectivity index (χ1v) is 10.3. The van der Waals surface area contributed by atoms with E-state index in [0.29, 0.717) is 18.9 Å². The van der Waals surface area contributed by atoms with Gasteiger partial charge in [0, 0.05) is 19.2 Å². The van der Waals surface area contributed by atoms with Crippen molar-refractivity contribution in [1.82, 2.24) is 14.3 Å². The minimum Gasteiger partial charge on any atom is -0.490 e. The number of benzene rings is 1. The van der Waals surface area contributed by atoms with E-state index in [-0.39, 0.29) is 11.9 Å². The van der Waals surface area contributed by atoms with E-state index >= 15 is 0 Å². The second kappa shape index (κ2) is 7.10. The lowest BCUT2D eigenvalue weighted by Gasteiger charge is -2.26. The second-order valence-corrected chi connectivity index (χ2v) is 7.84. The number of carbonyl (C=O) groups excluding carboxylic acids is 1. The lowest BCUT2D eigenvalue weighted by molar-refractivity contribution is 0.0727. The standard InChI is InChI=1S/C23H25N3O3/c1-15-6-3-11-26-21(16(2)24-22(15)26)23(27)25-10-4-7-18(25)17-8-9-19-20(14-17)29-13-5-12-28-19/h3,6,8-9,11,14,18H,4-5,7,10,12-13H2,1-2H3. The van der Waals surface area contributed by atoms with Crippen molar-refractivity contribution < 1.29 is 14.3 Å². The Hall–Kier alpha value is -3.02. The molecule has 150 valence electrons. The van der Waals surface area contributed by atoms with Crippen LogP contribution in [0.3, 0.4) is 0 Å². The van der Waals surface area contributed by atoms with Gasteiger partial charge in [0.05, 0.1) is 24.9 Å². The molecule has 0 saturated carbocycles. The van der Waals surface area contributed by atoms with Crippen molar-refractivity contribution in [2.45, 2.75) is 39.2 Å². The summed E-state index contributed by atoms with van der Waals surface area (Å²) in [7, 11) is 0. The Labute approximate surface area is 170 Å². The van der Waals surface area contributed by atoms with Gasteiger partial charge >= 0.3 is 0 Å². The topological polar surface area (TPSA) is 56.1 Å². The van der Waals surface area contributed by atoms with Crippen molar-refractivity contribution in [3.8, 4) is 11.5 Å². The molecule has 3 aromatic rings. The van der Waals surface area contributed by atoms with Gasteiger partial charge in [0.2, 0.25) is 0 Å². The molecule has 4 heterocycles. The summed E-state index contributed by atoms with van der Waals surface area (Å²) >= 11 is 0. The summed E-state index contributed by atoms with van der Waals surface area (Å²) in [4.78, 5) is 20.2. The fourth-order valence-electron chi connectivity index (χ4n) is 4.45. The van der Waals surface area contributed by atoms with Gasteiger partial charge in [-0.15, -0.1) is 0 Å². The van der Waals surface area contributed by atoms with E-state index in [1.54, 1.807) is 0 Å². The van der Waals surface area contributed by atoms with Gasteiger partial charge in [0.25, 0.3) is 5.91 Å². The number of likely N-dealkylation sites (tertiary alicyclic amines) is 1. The number of aromatic nitrogens is 2. The number of aryl methyl sites for hydroxylation is 2. The first-order chi connectivity index (χ1) is 14.1. The predicted octanol–water partition coefficient (Wildman–Crippen LogP) is 4.09.